The third-order valence-corrected chi connectivity index (χ3v) is 7.37. The number of aromatic nitrogens is 4. The molecule has 168 valence electrons. The standard InChI is InChI=1S/C22H14ClF3N4OS2/c1-29-11-27-18-19(31)28-21(33-10-12-9-32-17-7-4-14(23)8-16(12)17)30(20(18)29)15-5-2-13(3-6-15)22(24,25)26/h2-9,11H,10H2,1H3. The van der Waals surface area contributed by atoms with Crippen LogP contribution in [-0.2, 0) is 19.0 Å². The second kappa shape index (κ2) is 8.19. The summed E-state index contributed by atoms with van der Waals surface area (Å²) in [5.41, 5.74) is 0.836. The molecule has 0 amide bonds. The Hall–Kier alpha value is -2.82. The molecule has 0 aliphatic heterocycles. The molecule has 2 aromatic carbocycles. The Balaban J connectivity index is 1.62. The minimum absolute atomic E-state index is 0.148. The van der Waals surface area contributed by atoms with Gasteiger partial charge in [0.2, 0.25) is 0 Å². The first-order chi connectivity index (χ1) is 15.7. The summed E-state index contributed by atoms with van der Waals surface area (Å²) in [4.78, 5) is 21.0. The van der Waals surface area contributed by atoms with Crippen LogP contribution in [-0.4, -0.2) is 19.1 Å². The number of thiophene rings is 1. The fourth-order valence-corrected chi connectivity index (χ4v) is 5.77. The van der Waals surface area contributed by atoms with Crippen LogP contribution >= 0.6 is 34.7 Å². The van der Waals surface area contributed by atoms with Crippen molar-refractivity contribution >= 4 is 55.9 Å². The third-order valence-electron chi connectivity index (χ3n) is 5.13. The molecule has 3 heterocycles. The predicted molar refractivity (Wildman–Crippen MR) is 126 cm³/mol. The van der Waals surface area contributed by atoms with E-state index in [-0.39, 0.29) is 5.52 Å². The van der Waals surface area contributed by atoms with Gasteiger partial charge in [-0.3, -0.25) is 9.36 Å². The van der Waals surface area contributed by atoms with Gasteiger partial charge >= 0.3 is 11.7 Å². The van der Waals surface area contributed by atoms with Crippen molar-refractivity contribution in [1.29, 1.82) is 0 Å². The second-order valence-electron chi connectivity index (χ2n) is 7.30. The Labute approximate surface area is 198 Å². The van der Waals surface area contributed by atoms with Crippen LogP contribution < -0.4 is 5.56 Å². The highest BCUT2D eigenvalue weighted by molar-refractivity contribution is 7.98. The van der Waals surface area contributed by atoms with Crippen molar-refractivity contribution in [1.82, 2.24) is 19.1 Å². The number of rotatable bonds is 4. The maximum absolute atomic E-state index is 13.1. The minimum Gasteiger partial charge on any atom is -0.319 e. The van der Waals surface area contributed by atoms with Crippen molar-refractivity contribution in [2.75, 3.05) is 0 Å². The first kappa shape index (κ1) is 22.0. The highest BCUT2D eigenvalue weighted by atomic mass is 35.5. The largest absolute Gasteiger partial charge is 0.416 e. The summed E-state index contributed by atoms with van der Waals surface area (Å²) in [6.45, 7) is 0. The van der Waals surface area contributed by atoms with E-state index in [1.54, 1.807) is 27.5 Å². The summed E-state index contributed by atoms with van der Waals surface area (Å²) >= 11 is 9.07. The van der Waals surface area contributed by atoms with Gasteiger partial charge in [-0.2, -0.15) is 18.2 Å². The number of thioether (sulfide) groups is 1. The fourth-order valence-electron chi connectivity index (χ4n) is 3.56. The second-order valence-corrected chi connectivity index (χ2v) is 9.59. The predicted octanol–water partition coefficient (Wildman–Crippen LogP) is 6.30. The number of aryl methyl sites for hydroxylation is 1. The summed E-state index contributed by atoms with van der Waals surface area (Å²) in [5.74, 6) is 0.497. The molecule has 0 radical (unpaired) electrons. The summed E-state index contributed by atoms with van der Waals surface area (Å²) in [6, 6.07) is 10.4. The van der Waals surface area contributed by atoms with E-state index in [0.717, 1.165) is 27.8 Å². The first-order valence-electron chi connectivity index (χ1n) is 9.62. The van der Waals surface area contributed by atoms with Crippen molar-refractivity contribution in [3.63, 3.8) is 0 Å². The molecule has 0 N–H and O–H groups in total. The maximum Gasteiger partial charge on any atom is 0.416 e. The SMILES string of the molecule is Cn1cnc2c(=O)nc(SCc3csc4ccc(Cl)cc34)n(-c3ccc(C(F)(F)F)cc3)c21. The number of benzene rings is 2. The number of hydrogen-bond acceptors (Lipinski definition) is 5. The molecule has 0 atom stereocenters. The quantitative estimate of drug-likeness (QED) is 0.212. The smallest absolute Gasteiger partial charge is 0.319 e. The zero-order valence-electron chi connectivity index (χ0n) is 16.9. The lowest BCUT2D eigenvalue weighted by Crippen LogP contribution is -2.16. The van der Waals surface area contributed by atoms with E-state index < -0.39 is 17.3 Å². The molecule has 5 nitrogen and oxygen atoms in total. The Bertz CT molecular complexity index is 1550. The van der Waals surface area contributed by atoms with Gasteiger partial charge < -0.3 is 4.57 Å². The molecule has 0 fully saturated rings. The normalized spacial score (nSPS) is 12.2. The molecular formula is C22H14ClF3N4OS2. The van der Waals surface area contributed by atoms with Crippen molar-refractivity contribution in [3.05, 3.63) is 80.7 Å². The van der Waals surface area contributed by atoms with E-state index in [1.807, 2.05) is 23.6 Å². The van der Waals surface area contributed by atoms with E-state index >= 15 is 0 Å². The van der Waals surface area contributed by atoms with Crippen LogP contribution in [0.3, 0.4) is 0 Å². The Morgan fingerprint density at radius 2 is 1.91 bits per heavy atom. The molecule has 0 bridgehead atoms. The summed E-state index contributed by atoms with van der Waals surface area (Å²) in [7, 11) is 1.72. The number of fused-ring (bicyclic) bond motifs is 2. The molecule has 5 aromatic rings. The Morgan fingerprint density at radius 3 is 2.64 bits per heavy atom. The highest BCUT2D eigenvalue weighted by Gasteiger charge is 2.30. The average Bonchev–Trinajstić information content (AvgIpc) is 3.35. The molecule has 3 aromatic heterocycles. The van der Waals surface area contributed by atoms with E-state index in [9.17, 15) is 18.0 Å². The van der Waals surface area contributed by atoms with Gasteiger partial charge in [0, 0.05) is 28.2 Å². The van der Waals surface area contributed by atoms with Gasteiger partial charge in [0.1, 0.15) is 0 Å². The van der Waals surface area contributed by atoms with E-state index in [2.05, 4.69) is 9.97 Å². The van der Waals surface area contributed by atoms with Crippen LogP contribution in [0.25, 0.3) is 26.9 Å². The molecule has 0 aliphatic carbocycles. The lowest BCUT2D eigenvalue weighted by atomic mass is 10.2. The molecule has 0 saturated carbocycles. The van der Waals surface area contributed by atoms with Gasteiger partial charge in [-0.15, -0.1) is 11.3 Å². The number of nitrogens with zero attached hydrogens (tertiary/aromatic N) is 4. The molecular weight excluding hydrogens is 493 g/mol. The highest BCUT2D eigenvalue weighted by Crippen LogP contribution is 2.34. The van der Waals surface area contributed by atoms with Crippen LogP contribution in [0.2, 0.25) is 5.02 Å². The van der Waals surface area contributed by atoms with Gasteiger partial charge in [-0.25, -0.2) is 4.98 Å². The first-order valence-corrected chi connectivity index (χ1v) is 11.9. The molecule has 11 heteroatoms. The molecule has 0 aliphatic rings. The summed E-state index contributed by atoms with van der Waals surface area (Å²) in [6.07, 6.45) is -2.96. The van der Waals surface area contributed by atoms with Crippen molar-refractivity contribution in [2.24, 2.45) is 7.05 Å². The number of alkyl halides is 3. The zero-order valence-corrected chi connectivity index (χ0v) is 19.3. The maximum atomic E-state index is 13.1. The van der Waals surface area contributed by atoms with Crippen LogP contribution in [0.15, 0.2) is 64.1 Å². The molecule has 0 saturated heterocycles. The lowest BCUT2D eigenvalue weighted by Gasteiger charge is -2.15. The monoisotopic (exact) mass is 506 g/mol. The number of imidazole rings is 1. The van der Waals surface area contributed by atoms with Crippen molar-refractivity contribution in [3.8, 4) is 5.69 Å². The van der Waals surface area contributed by atoms with Crippen LogP contribution in [0.4, 0.5) is 13.2 Å². The zero-order chi connectivity index (χ0) is 23.3. The summed E-state index contributed by atoms with van der Waals surface area (Å²) in [5, 5.41) is 4.03. The fraction of sp³-hybridized carbons (Fsp3) is 0.136. The van der Waals surface area contributed by atoms with Gasteiger partial charge in [0.15, 0.2) is 16.3 Å². The van der Waals surface area contributed by atoms with Gasteiger partial charge in [0.05, 0.1) is 11.9 Å². The lowest BCUT2D eigenvalue weighted by molar-refractivity contribution is -0.137. The van der Waals surface area contributed by atoms with Gasteiger partial charge in [-0.05, 0) is 58.8 Å². The van der Waals surface area contributed by atoms with E-state index in [4.69, 9.17) is 11.6 Å². The number of halogens is 4. The minimum atomic E-state index is -4.44. The topological polar surface area (TPSA) is 52.7 Å². The molecule has 33 heavy (non-hydrogen) atoms. The van der Waals surface area contributed by atoms with Crippen molar-refractivity contribution in [2.45, 2.75) is 17.1 Å². The summed E-state index contributed by atoms with van der Waals surface area (Å²) < 4.78 is 43.6. The third kappa shape index (κ3) is 4.03. The Morgan fingerprint density at radius 1 is 1.15 bits per heavy atom. The van der Waals surface area contributed by atoms with Crippen LogP contribution in [0.1, 0.15) is 11.1 Å². The van der Waals surface area contributed by atoms with Gasteiger partial charge in [-0.1, -0.05) is 23.4 Å². The molecule has 5 rings (SSSR count). The number of hydrogen-bond donors (Lipinski definition) is 0. The Kier molecular flexibility index (Phi) is 5.46. The van der Waals surface area contributed by atoms with Crippen LogP contribution in [0, 0.1) is 0 Å². The van der Waals surface area contributed by atoms with Crippen molar-refractivity contribution < 1.29 is 13.2 Å². The average molecular weight is 507 g/mol. The van der Waals surface area contributed by atoms with E-state index in [0.29, 0.717) is 27.3 Å². The molecule has 0 unspecified atom stereocenters. The van der Waals surface area contributed by atoms with Gasteiger partial charge in [0.25, 0.3) is 0 Å². The van der Waals surface area contributed by atoms with Crippen LogP contribution in [0.5, 0.6) is 0 Å². The molecule has 0 spiro atoms. The van der Waals surface area contributed by atoms with E-state index in [1.165, 1.54) is 30.2 Å².